The van der Waals surface area contributed by atoms with Crippen molar-refractivity contribution in [2.45, 2.75) is 38.6 Å². The molecule has 3 rings (SSSR count). The molecule has 1 saturated heterocycles. The Balaban J connectivity index is 1.76. The van der Waals surface area contributed by atoms with Gasteiger partial charge in [0, 0.05) is 24.9 Å². The quantitative estimate of drug-likeness (QED) is 0.845. The number of aromatic nitrogens is 2. The van der Waals surface area contributed by atoms with E-state index in [9.17, 15) is 4.79 Å². The minimum absolute atomic E-state index is 0.0921. The van der Waals surface area contributed by atoms with Crippen LogP contribution >= 0.6 is 11.3 Å². The van der Waals surface area contributed by atoms with E-state index in [0.29, 0.717) is 6.42 Å². The highest BCUT2D eigenvalue weighted by Gasteiger charge is 2.34. The van der Waals surface area contributed by atoms with Gasteiger partial charge in [0.05, 0.1) is 24.4 Å². The molecule has 1 amide bonds. The van der Waals surface area contributed by atoms with E-state index in [2.05, 4.69) is 16.5 Å². The van der Waals surface area contributed by atoms with E-state index in [0.717, 1.165) is 42.9 Å². The van der Waals surface area contributed by atoms with E-state index in [4.69, 9.17) is 4.74 Å². The van der Waals surface area contributed by atoms with Crippen LogP contribution in [0, 0.1) is 6.92 Å². The van der Waals surface area contributed by atoms with Crippen LogP contribution in [0.3, 0.4) is 0 Å². The number of aryl methyl sites for hydroxylation is 3. The molecule has 5 nitrogen and oxygen atoms in total. The van der Waals surface area contributed by atoms with Crippen molar-refractivity contribution < 1.29 is 9.53 Å². The first kappa shape index (κ1) is 16.1. The number of likely N-dealkylation sites (tertiary alicyclic amines) is 1. The van der Waals surface area contributed by atoms with Crippen LogP contribution < -0.4 is 4.74 Å². The summed E-state index contributed by atoms with van der Waals surface area (Å²) in [5.41, 5.74) is 2.02. The number of thiophene rings is 1. The van der Waals surface area contributed by atoms with E-state index in [1.165, 1.54) is 4.88 Å². The van der Waals surface area contributed by atoms with E-state index in [1.54, 1.807) is 23.1 Å². The number of methoxy groups -OCH3 is 1. The Morgan fingerprint density at radius 1 is 1.52 bits per heavy atom. The summed E-state index contributed by atoms with van der Waals surface area (Å²) in [5, 5.41) is 6.52. The van der Waals surface area contributed by atoms with Crippen LogP contribution in [0.4, 0.5) is 0 Å². The van der Waals surface area contributed by atoms with Gasteiger partial charge in [-0.2, -0.15) is 5.10 Å². The number of hydrogen-bond acceptors (Lipinski definition) is 4. The zero-order valence-electron chi connectivity index (χ0n) is 13.9. The van der Waals surface area contributed by atoms with Crippen molar-refractivity contribution in [2.75, 3.05) is 13.7 Å². The van der Waals surface area contributed by atoms with Crippen LogP contribution in [-0.2, 0) is 18.3 Å². The predicted molar refractivity (Wildman–Crippen MR) is 90.8 cm³/mol. The minimum Gasteiger partial charge on any atom is -0.481 e. The molecule has 0 N–H and O–H groups in total. The third-order valence-electron chi connectivity index (χ3n) is 4.48. The maximum Gasteiger partial charge on any atom is 0.223 e. The second kappa shape index (κ2) is 6.74. The average Bonchev–Trinajstić information content (AvgIpc) is 3.24. The molecule has 0 aromatic carbocycles. The van der Waals surface area contributed by atoms with Crippen molar-refractivity contribution in [1.29, 1.82) is 0 Å². The first-order valence-corrected chi connectivity index (χ1v) is 8.89. The summed E-state index contributed by atoms with van der Waals surface area (Å²) < 4.78 is 7.28. The summed E-state index contributed by atoms with van der Waals surface area (Å²) >= 11 is 1.71. The number of carbonyl (C=O) groups excluding carboxylic acids is 1. The normalized spacial score (nSPS) is 17.7. The molecule has 0 bridgehead atoms. The molecule has 1 fully saturated rings. The third kappa shape index (κ3) is 3.13. The summed E-state index contributed by atoms with van der Waals surface area (Å²) in [4.78, 5) is 16.0. The fourth-order valence-corrected chi connectivity index (χ4v) is 4.18. The van der Waals surface area contributed by atoms with Gasteiger partial charge in [-0.15, -0.1) is 11.3 Å². The highest BCUT2D eigenvalue weighted by atomic mass is 32.1. The number of ether oxygens (including phenoxy) is 1. The second-order valence-electron chi connectivity index (χ2n) is 5.96. The number of carbonyl (C=O) groups is 1. The SMILES string of the molecule is COc1c([C@@H]2CCCN2C(=O)CCc2cccs2)c(C)nn1C. The predicted octanol–water partition coefficient (Wildman–Crippen LogP) is 3.09. The summed E-state index contributed by atoms with van der Waals surface area (Å²) in [5.74, 6) is 0.997. The molecule has 1 atom stereocenters. The number of nitrogens with zero attached hydrogens (tertiary/aromatic N) is 3. The van der Waals surface area contributed by atoms with E-state index in [1.807, 2.05) is 24.9 Å². The first-order valence-electron chi connectivity index (χ1n) is 8.01. The van der Waals surface area contributed by atoms with Gasteiger partial charge in [0.25, 0.3) is 0 Å². The van der Waals surface area contributed by atoms with Gasteiger partial charge in [-0.25, -0.2) is 4.68 Å². The van der Waals surface area contributed by atoms with Crippen molar-refractivity contribution in [3.63, 3.8) is 0 Å². The zero-order chi connectivity index (χ0) is 16.4. The van der Waals surface area contributed by atoms with Crippen LogP contribution in [0.25, 0.3) is 0 Å². The molecule has 3 heterocycles. The largest absolute Gasteiger partial charge is 0.481 e. The summed E-state index contributed by atoms with van der Waals surface area (Å²) in [7, 11) is 3.55. The molecular formula is C17H23N3O2S. The maximum absolute atomic E-state index is 12.7. The van der Waals surface area contributed by atoms with Gasteiger partial charge in [0.15, 0.2) is 0 Å². The van der Waals surface area contributed by atoms with Crippen LogP contribution in [0.2, 0.25) is 0 Å². The maximum atomic E-state index is 12.7. The lowest BCUT2D eigenvalue weighted by atomic mass is 10.0. The Morgan fingerprint density at radius 2 is 2.35 bits per heavy atom. The molecule has 23 heavy (non-hydrogen) atoms. The highest BCUT2D eigenvalue weighted by molar-refractivity contribution is 7.09. The average molecular weight is 333 g/mol. The van der Waals surface area contributed by atoms with Crippen molar-refractivity contribution >= 4 is 17.2 Å². The van der Waals surface area contributed by atoms with Gasteiger partial charge in [0.2, 0.25) is 11.8 Å². The third-order valence-corrected chi connectivity index (χ3v) is 5.42. The molecular weight excluding hydrogens is 310 g/mol. The molecule has 2 aromatic rings. The lowest BCUT2D eigenvalue weighted by molar-refractivity contribution is -0.132. The van der Waals surface area contributed by atoms with Gasteiger partial charge in [-0.1, -0.05) is 6.07 Å². The monoisotopic (exact) mass is 333 g/mol. The molecule has 0 radical (unpaired) electrons. The summed E-state index contributed by atoms with van der Waals surface area (Å²) in [6.45, 7) is 2.82. The Bertz CT molecular complexity index is 678. The molecule has 2 aromatic heterocycles. The topological polar surface area (TPSA) is 47.4 Å². The van der Waals surface area contributed by atoms with Gasteiger partial charge >= 0.3 is 0 Å². The van der Waals surface area contributed by atoms with Crippen LogP contribution in [0.5, 0.6) is 5.88 Å². The van der Waals surface area contributed by atoms with Crippen LogP contribution in [-0.4, -0.2) is 34.2 Å². The highest BCUT2D eigenvalue weighted by Crippen LogP contribution is 2.39. The number of hydrogen-bond donors (Lipinski definition) is 0. The van der Waals surface area contributed by atoms with Crippen molar-refractivity contribution in [1.82, 2.24) is 14.7 Å². The molecule has 1 aliphatic rings. The molecule has 1 aliphatic heterocycles. The number of rotatable bonds is 5. The fourth-order valence-electron chi connectivity index (χ4n) is 3.47. The Labute approximate surface area is 140 Å². The van der Waals surface area contributed by atoms with Gasteiger partial charge in [-0.05, 0) is 37.6 Å². The lowest BCUT2D eigenvalue weighted by Crippen LogP contribution is -2.31. The standard InChI is InChI=1S/C17H23N3O2S/c1-12-16(17(22-3)19(2)18-12)14-7-4-10-20(14)15(21)9-8-13-6-5-11-23-13/h5-6,11,14H,4,7-10H2,1-3H3/t14-/m0/s1. The summed E-state index contributed by atoms with van der Waals surface area (Å²) in [6.07, 6.45) is 3.40. The first-order chi connectivity index (χ1) is 11.1. The number of amides is 1. The van der Waals surface area contributed by atoms with E-state index in [-0.39, 0.29) is 11.9 Å². The Morgan fingerprint density at radius 3 is 3.04 bits per heavy atom. The molecule has 0 saturated carbocycles. The molecule has 0 aliphatic carbocycles. The van der Waals surface area contributed by atoms with Crippen LogP contribution in [0.1, 0.15) is 41.4 Å². The lowest BCUT2D eigenvalue weighted by Gasteiger charge is -2.25. The van der Waals surface area contributed by atoms with Crippen molar-refractivity contribution in [3.8, 4) is 5.88 Å². The fraction of sp³-hybridized carbons (Fsp3) is 0.529. The van der Waals surface area contributed by atoms with E-state index < -0.39 is 0 Å². The molecule has 6 heteroatoms. The second-order valence-corrected chi connectivity index (χ2v) is 6.99. The minimum atomic E-state index is 0.0921. The van der Waals surface area contributed by atoms with Crippen LogP contribution in [0.15, 0.2) is 17.5 Å². The zero-order valence-corrected chi connectivity index (χ0v) is 14.7. The van der Waals surface area contributed by atoms with Gasteiger partial charge < -0.3 is 9.64 Å². The van der Waals surface area contributed by atoms with Gasteiger partial charge in [-0.3, -0.25) is 4.79 Å². The molecule has 124 valence electrons. The molecule has 0 unspecified atom stereocenters. The van der Waals surface area contributed by atoms with Crippen molar-refractivity contribution in [3.05, 3.63) is 33.6 Å². The molecule has 0 spiro atoms. The van der Waals surface area contributed by atoms with Crippen molar-refractivity contribution in [2.24, 2.45) is 7.05 Å². The summed E-state index contributed by atoms with van der Waals surface area (Å²) in [6, 6.07) is 4.22. The smallest absolute Gasteiger partial charge is 0.223 e. The Kier molecular flexibility index (Phi) is 4.71. The Hall–Kier alpha value is -1.82. The van der Waals surface area contributed by atoms with E-state index >= 15 is 0 Å². The van der Waals surface area contributed by atoms with Gasteiger partial charge in [0.1, 0.15) is 0 Å².